The number of nitrogens with one attached hydrogen (secondary N) is 1. The summed E-state index contributed by atoms with van der Waals surface area (Å²) >= 11 is 1.42. The van der Waals surface area contributed by atoms with Gasteiger partial charge in [0.15, 0.2) is 11.3 Å². The maximum atomic E-state index is 13.3. The Morgan fingerprint density at radius 1 is 1.22 bits per heavy atom. The molecule has 0 spiro atoms. The number of ketones is 1. The first-order chi connectivity index (χ1) is 15.1. The predicted molar refractivity (Wildman–Crippen MR) is 125 cm³/mol. The van der Waals surface area contributed by atoms with E-state index < -0.39 is 0 Å². The molecule has 9 heteroatoms. The number of thiazole rings is 1. The summed E-state index contributed by atoms with van der Waals surface area (Å²) in [6, 6.07) is 5.58. The molecule has 0 bridgehead atoms. The molecule has 1 amide bonds. The van der Waals surface area contributed by atoms with Crippen LogP contribution >= 0.6 is 11.3 Å². The maximum absolute atomic E-state index is 13.3. The molecule has 1 unspecified atom stereocenters. The zero-order valence-electron chi connectivity index (χ0n) is 19.0. The highest BCUT2D eigenvalue weighted by molar-refractivity contribution is 7.18. The Balaban J connectivity index is 1.53. The molecule has 32 heavy (non-hydrogen) atoms. The Hall–Kier alpha value is -2.94. The minimum atomic E-state index is -0.353. The summed E-state index contributed by atoms with van der Waals surface area (Å²) in [5, 5.41) is 4.07. The van der Waals surface area contributed by atoms with Crippen molar-refractivity contribution in [1.82, 2.24) is 24.8 Å². The Kier molecular flexibility index (Phi) is 5.94. The van der Waals surface area contributed by atoms with Crippen LogP contribution in [0, 0.1) is 18.3 Å². The third-order valence-electron chi connectivity index (χ3n) is 5.60. The summed E-state index contributed by atoms with van der Waals surface area (Å²) in [4.78, 5) is 45.3. The number of Topliss-reactive ketones (excluding diaryl/α,β-unsaturated/α-hetero) is 1. The van der Waals surface area contributed by atoms with E-state index in [-0.39, 0.29) is 29.1 Å². The van der Waals surface area contributed by atoms with E-state index >= 15 is 0 Å². The van der Waals surface area contributed by atoms with Crippen LogP contribution in [0.4, 0.5) is 5.95 Å². The van der Waals surface area contributed by atoms with E-state index in [1.165, 1.54) is 11.3 Å². The summed E-state index contributed by atoms with van der Waals surface area (Å²) < 4.78 is 0.692. The lowest BCUT2D eigenvalue weighted by Crippen LogP contribution is -2.51. The van der Waals surface area contributed by atoms with Crippen LogP contribution in [0.15, 0.2) is 24.4 Å². The number of carbonyl (C=O) groups excluding carboxylic acids is 2. The molecule has 1 aliphatic rings. The Labute approximate surface area is 191 Å². The first-order valence-electron chi connectivity index (χ1n) is 10.8. The molecule has 0 saturated carbocycles. The highest BCUT2D eigenvalue weighted by Crippen LogP contribution is 2.30. The van der Waals surface area contributed by atoms with E-state index in [9.17, 15) is 9.59 Å². The van der Waals surface area contributed by atoms with Crippen LogP contribution in [0.25, 0.3) is 10.3 Å². The largest absolute Gasteiger partial charge is 0.346 e. The molecule has 4 rings (SSSR count). The van der Waals surface area contributed by atoms with Crippen LogP contribution in [0.2, 0.25) is 0 Å². The summed E-state index contributed by atoms with van der Waals surface area (Å²) in [6.07, 6.45) is 2.24. The number of rotatable bonds is 6. The summed E-state index contributed by atoms with van der Waals surface area (Å²) in [6.45, 7) is 10.8. The standard InChI is InChI=1S/C23H28N6O2S/c1-13(16-8-6-7-9-24-16)25-22-27-18(19-20(28-22)26-14(2)32-19)21(31)29-11-15(12-29)10-17(30)23(3,4)5/h6-9,13,15H,10-12H2,1-5H3,(H,25,27,28). The molecule has 0 aromatic carbocycles. The van der Waals surface area contributed by atoms with Crippen molar-refractivity contribution in [3.8, 4) is 0 Å². The number of nitrogens with zero attached hydrogens (tertiary/aromatic N) is 5. The fourth-order valence-electron chi connectivity index (χ4n) is 3.62. The highest BCUT2D eigenvalue weighted by Gasteiger charge is 2.36. The number of likely N-dealkylation sites (tertiary alicyclic amines) is 1. The molecule has 3 aromatic heterocycles. The quantitative estimate of drug-likeness (QED) is 0.602. The van der Waals surface area contributed by atoms with Gasteiger partial charge in [-0.25, -0.2) is 9.97 Å². The highest BCUT2D eigenvalue weighted by atomic mass is 32.1. The lowest BCUT2D eigenvalue weighted by atomic mass is 9.83. The number of fused-ring (bicyclic) bond motifs is 1. The second kappa shape index (κ2) is 8.54. The molecule has 1 N–H and O–H groups in total. The molecule has 4 heterocycles. The van der Waals surface area contributed by atoms with Crippen LogP contribution in [-0.2, 0) is 4.79 Å². The lowest BCUT2D eigenvalue weighted by molar-refractivity contribution is -0.128. The normalized spacial score (nSPS) is 15.5. The predicted octanol–water partition coefficient (Wildman–Crippen LogP) is 4.04. The molecular weight excluding hydrogens is 424 g/mol. The second-order valence-corrected chi connectivity index (χ2v) is 10.6. The third-order valence-corrected chi connectivity index (χ3v) is 6.56. The molecule has 0 radical (unpaired) electrons. The number of aryl methyl sites for hydroxylation is 1. The molecule has 3 aromatic rings. The van der Waals surface area contributed by atoms with Crippen LogP contribution in [-0.4, -0.2) is 49.6 Å². The topological polar surface area (TPSA) is 101 Å². The van der Waals surface area contributed by atoms with Crippen LogP contribution in [0.3, 0.4) is 0 Å². The van der Waals surface area contributed by atoms with Gasteiger partial charge in [0.05, 0.1) is 16.7 Å². The first-order valence-corrected chi connectivity index (χ1v) is 11.6. The van der Waals surface area contributed by atoms with Gasteiger partial charge in [0, 0.05) is 37.0 Å². The van der Waals surface area contributed by atoms with Crippen molar-refractivity contribution in [2.45, 2.75) is 47.1 Å². The van der Waals surface area contributed by atoms with Crippen LogP contribution in [0.1, 0.15) is 61.3 Å². The van der Waals surface area contributed by atoms with Crippen molar-refractivity contribution < 1.29 is 9.59 Å². The number of amides is 1. The average Bonchev–Trinajstić information content (AvgIpc) is 3.09. The SMILES string of the molecule is Cc1nc2nc(NC(C)c3ccccn3)nc(C(=O)N3CC(CC(=O)C(C)(C)C)C3)c2s1. The lowest BCUT2D eigenvalue weighted by Gasteiger charge is -2.39. The third kappa shape index (κ3) is 4.62. The van der Waals surface area contributed by atoms with Gasteiger partial charge in [-0.05, 0) is 26.0 Å². The maximum Gasteiger partial charge on any atom is 0.274 e. The van der Waals surface area contributed by atoms with Crippen molar-refractivity contribution in [3.63, 3.8) is 0 Å². The van der Waals surface area contributed by atoms with Gasteiger partial charge in [0.1, 0.15) is 10.5 Å². The summed E-state index contributed by atoms with van der Waals surface area (Å²) in [5.41, 5.74) is 1.37. The monoisotopic (exact) mass is 452 g/mol. The zero-order chi connectivity index (χ0) is 23.0. The van der Waals surface area contributed by atoms with Crippen LogP contribution in [0.5, 0.6) is 0 Å². The second-order valence-electron chi connectivity index (χ2n) is 9.36. The van der Waals surface area contributed by atoms with Crippen molar-refractivity contribution in [3.05, 3.63) is 40.8 Å². The molecule has 1 atom stereocenters. The number of pyridine rings is 1. The first kappa shape index (κ1) is 22.3. The summed E-state index contributed by atoms with van der Waals surface area (Å²) in [5.74, 6) is 0.637. The number of hydrogen-bond donors (Lipinski definition) is 1. The fourth-order valence-corrected chi connectivity index (χ4v) is 4.46. The van der Waals surface area contributed by atoms with Gasteiger partial charge < -0.3 is 10.2 Å². The van der Waals surface area contributed by atoms with E-state index in [4.69, 9.17) is 0 Å². The van der Waals surface area contributed by atoms with E-state index in [1.807, 2.05) is 52.8 Å². The van der Waals surface area contributed by atoms with Crippen molar-refractivity contribution >= 4 is 39.3 Å². The van der Waals surface area contributed by atoms with E-state index in [0.29, 0.717) is 41.5 Å². The molecule has 168 valence electrons. The molecule has 8 nitrogen and oxygen atoms in total. The zero-order valence-corrected chi connectivity index (χ0v) is 19.9. The van der Waals surface area contributed by atoms with Crippen molar-refractivity contribution in [1.29, 1.82) is 0 Å². The Morgan fingerprint density at radius 2 is 1.97 bits per heavy atom. The fraction of sp³-hybridized carbons (Fsp3) is 0.478. The van der Waals surface area contributed by atoms with Gasteiger partial charge >= 0.3 is 0 Å². The molecule has 1 fully saturated rings. The van der Waals surface area contributed by atoms with Gasteiger partial charge in [-0.1, -0.05) is 26.8 Å². The Bertz CT molecular complexity index is 1150. The smallest absolute Gasteiger partial charge is 0.274 e. The van der Waals surface area contributed by atoms with Gasteiger partial charge in [0.2, 0.25) is 5.95 Å². The van der Waals surface area contributed by atoms with E-state index in [0.717, 1.165) is 10.7 Å². The number of anilines is 1. The van der Waals surface area contributed by atoms with Gasteiger partial charge in [-0.2, -0.15) is 4.98 Å². The number of carbonyl (C=O) groups is 2. The van der Waals surface area contributed by atoms with E-state index in [1.54, 1.807) is 11.1 Å². The average molecular weight is 453 g/mol. The molecule has 0 aliphatic carbocycles. The molecule has 1 aliphatic heterocycles. The minimum Gasteiger partial charge on any atom is -0.346 e. The van der Waals surface area contributed by atoms with E-state index in [2.05, 4.69) is 25.3 Å². The van der Waals surface area contributed by atoms with Gasteiger partial charge in [-0.3, -0.25) is 14.6 Å². The van der Waals surface area contributed by atoms with Crippen molar-refractivity contribution in [2.75, 3.05) is 18.4 Å². The number of hydrogen-bond acceptors (Lipinski definition) is 8. The Morgan fingerprint density at radius 3 is 2.62 bits per heavy atom. The molecule has 1 saturated heterocycles. The minimum absolute atomic E-state index is 0.131. The van der Waals surface area contributed by atoms with Crippen molar-refractivity contribution in [2.24, 2.45) is 11.3 Å². The van der Waals surface area contributed by atoms with Crippen LogP contribution < -0.4 is 5.32 Å². The summed E-state index contributed by atoms with van der Waals surface area (Å²) in [7, 11) is 0. The van der Waals surface area contributed by atoms with Gasteiger partial charge in [0.25, 0.3) is 5.91 Å². The molecular formula is C23H28N6O2S. The van der Waals surface area contributed by atoms with Gasteiger partial charge in [-0.15, -0.1) is 11.3 Å². The number of aromatic nitrogens is 4.